The summed E-state index contributed by atoms with van der Waals surface area (Å²) in [5.41, 5.74) is 7.17. The van der Waals surface area contributed by atoms with Gasteiger partial charge in [0.05, 0.1) is 11.8 Å². The van der Waals surface area contributed by atoms with Crippen LogP contribution in [0.25, 0.3) is 23.0 Å². The van der Waals surface area contributed by atoms with Crippen molar-refractivity contribution in [2.24, 2.45) is 0 Å². The molecule has 0 unspecified atom stereocenters. The number of hydrogen-bond donors (Lipinski definition) is 1. The lowest BCUT2D eigenvalue weighted by molar-refractivity contribution is 0.429. The minimum atomic E-state index is 0.367. The molecule has 0 aliphatic heterocycles. The Bertz CT molecular complexity index is 676. The summed E-state index contributed by atoms with van der Waals surface area (Å²) in [6.45, 7) is 0. The fourth-order valence-corrected chi connectivity index (χ4v) is 1.95. The molecule has 0 aliphatic carbocycles. The molecule has 0 atom stereocenters. The third kappa shape index (κ3) is 1.91. The Morgan fingerprint density at radius 1 is 1.22 bits per heavy atom. The quantitative estimate of drug-likeness (QED) is 0.735. The van der Waals surface area contributed by atoms with E-state index < -0.39 is 0 Å². The summed E-state index contributed by atoms with van der Waals surface area (Å²) in [6.07, 6.45) is 1.55. The minimum Gasteiger partial charge on any atom is -0.461 e. The van der Waals surface area contributed by atoms with Crippen LogP contribution in [-0.4, -0.2) is 10.1 Å². The first-order valence-corrected chi connectivity index (χ1v) is 5.96. The van der Waals surface area contributed by atoms with Crippen LogP contribution >= 0.6 is 15.9 Å². The Kier molecular flexibility index (Phi) is 2.64. The van der Waals surface area contributed by atoms with Crippen LogP contribution in [0.5, 0.6) is 0 Å². The van der Waals surface area contributed by atoms with Crippen LogP contribution in [0.1, 0.15) is 0 Å². The number of nitrogens with zero attached hydrogens (tertiary/aromatic N) is 2. The fourth-order valence-electron chi connectivity index (χ4n) is 1.57. The van der Waals surface area contributed by atoms with Crippen LogP contribution in [0.4, 0.5) is 5.69 Å². The second-order valence-corrected chi connectivity index (χ2v) is 4.55. The van der Waals surface area contributed by atoms with Gasteiger partial charge in [0.15, 0.2) is 5.76 Å². The number of nitrogen functional groups attached to an aromatic ring is 1. The summed E-state index contributed by atoms with van der Waals surface area (Å²) in [5, 5.41) is 3.85. The van der Waals surface area contributed by atoms with Crippen molar-refractivity contribution in [1.29, 1.82) is 0 Å². The fraction of sp³-hybridized carbons (Fsp3) is 0. The van der Waals surface area contributed by atoms with E-state index >= 15 is 0 Å². The van der Waals surface area contributed by atoms with Gasteiger partial charge in [0, 0.05) is 10.2 Å². The van der Waals surface area contributed by atoms with Gasteiger partial charge in [0.25, 0.3) is 5.89 Å². The molecule has 0 fully saturated rings. The van der Waals surface area contributed by atoms with Crippen LogP contribution in [0.2, 0.25) is 0 Å². The summed E-state index contributed by atoms with van der Waals surface area (Å²) in [5.74, 6) is 1.32. The first kappa shape index (κ1) is 11.0. The van der Waals surface area contributed by atoms with Gasteiger partial charge in [-0.25, -0.2) is 0 Å². The maximum absolute atomic E-state index is 5.90. The van der Waals surface area contributed by atoms with Crippen molar-refractivity contribution in [1.82, 2.24) is 10.1 Å². The van der Waals surface area contributed by atoms with Crippen molar-refractivity contribution in [3.05, 3.63) is 41.1 Å². The number of hydrogen-bond acceptors (Lipinski definition) is 5. The first-order valence-electron chi connectivity index (χ1n) is 5.17. The summed E-state index contributed by atoms with van der Waals surface area (Å²) in [4.78, 5) is 4.25. The topological polar surface area (TPSA) is 78.1 Å². The largest absolute Gasteiger partial charge is 0.461 e. The van der Waals surface area contributed by atoms with E-state index in [4.69, 9.17) is 14.7 Å². The predicted molar refractivity (Wildman–Crippen MR) is 69.5 cm³/mol. The number of benzene rings is 1. The molecule has 0 aliphatic rings. The van der Waals surface area contributed by atoms with Crippen molar-refractivity contribution < 1.29 is 8.94 Å². The smallest absolute Gasteiger partial charge is 0.260 e. The molecule has 5 nitrogen and oxygen atoms in total. The van der Waals surface area contributed by atoms with Crippen molar-refractivity contribution in [2.45, 2.75) is 0 Å². The Morgan fingerprint density at radius 2 is 2.11 bits per heavy atom. The molecule has 0 saturated carbocycles. The van der Waals surface area contributed by atoms with Crippen LogP contribution < -0.4 is 5.73 Å². The van der Waals surface area contributed by atoms with Gasteiger partial charge < -0.3 is 14.7 Å². The Hall–Kier alpha value is -2.08. The highest BCUT2D eigenvalue weighted by Gasteiger charge is 2.14. The molecule has 18 heavy (non-hydrogen) atoms. The zero-order valence-electron chi connectivity index (χ0n) is 9.13. The average molecular weight is 306 g/mol. The molecule has 3 rings (SSSR count). The molecule has 3 aromatic rings. The van der Waals surface area contributed by atoms with E-state index in [0.29, 0.717) is 28.7 Å². The van der Waals surface area contributed by atoms with E-state index in [1.54, 1.807) is 24.5 Å². The van der Waals surface area contributed by atoms with Crippen LogP contribution in [0, 0.1) is 0 Å². The number of halogens is 1. The number of nitrogens with two attached hydrogens (primary N) is 1. The van der Waals surface area contributed by atoms with Gasteiger partial charge in [-0.15, -0.1) is 0 Å². The van der Waals surface area contributed by atoms with Crippen LogP contribution in [-0.2, 0) is 0 Å². The van der Waals surface area contributed by atoms with Crippen molar-refractivity contribution in [3.63, 3.8) is 0 Å². The van der Waals surface area contributed by atoms with Gasteiger partial charge in [-0.3, -0.25) is 0 Å². The molecule has 2 aromatic heterocycles. The minimum absolute atomic E-state index is 0.367. The highest BCUT2D eigenvalue weighted by molar-refractivity contribution is 9.10. The number of rotatable bonds is 2. The van der Waals surface area contributed by atoms with E-state index in [9.17, 15) is 0 Å². The molecule has 2 heterocycles. The Balaban J connectivity index is 2.03. The summed E-state index contributed by atoms with van der Waals surface area (Å²) in [7, 11) is 0. The molecular weight excluding hydrogens is 298 g/mol. The maximum Gasteiger partial charge on any atom is 0.260 e. The van der Waals surface area contributed by atoms with Crippen molar-refractivity contribution in [3.8, 4) is 23.0 Å². The molecule has 0 bridgehead atoms. The maximum atomic E-state index is 5.90. The highest BCUT2D eigenvalue weighted by Crippen LogP contribution is 2.28. The zero-order chi connectivity index (χ0) is 12.5. The third-order valence-corrected chi connectivity index (χ3v) is 2.90. The number of furan rings is 1. The van der Waals surface area contributed by atoms with Gasteiger partial charge in [-0.1, -0.05) is 21.1 Å². The van der Waals surface area contributed by atoms with E-state index in [-0.39, 0.29) is 0 Å². The normalized spacial score (nSPS) is 10.7. The molecule has 0 spiro atoms. The molecule has 1 aromatic carbocycles. The molecular formula is C12H8BrN3O2. The standard InChI is InChI=1S/C12H8BrN3O2/c13-7-3-4-8(9(14)6-7)12-15-11(16-18-12)10-2-1-5-17-10/h1-6H,14H2. The van der Waals surface area contributed by atoms with E-state index in [1.807, 2.05) is 12.1 Å². The van der Waals surface area contributed by atoms with E-state index in [1.165, 1.54) is 0 Å². The zero-order valence-corrected chi connectivity index (χ0v) is 10.7. The molecule has 2 N–H and O–H groups in total. The third-order valence-electron chi connectivity index (χ3n) is 2.41. The van der Waals surface area contributed by atoms with E-state index in [0.717, 1.165) is 4.47 Å². The number of anilines is 1. The van der Waals surface area contributed by atoms with Gasteiger partial charge in [0.1, 0.15) is 0 Å². The number of aromatic nitrogens is 2. The summed E-state index contributed by atoms with van der Waals surface area (Å²) in [6, 6.07) is 8.99. The van der Waals surface area contributed by atoms with E-state index in [2.05, 4.69) is 26.1 Å². The lowest BCUT2D eigenvalue weighted by atomic mass is 10.2. The first-order chi connectivity index (χ1) is 8.74. The van der Waals surface area contributed by atoms with Crippen LogP contribution in [0.15, 0.2) is 50.0 Å². The van der Waals surface area contributed by atoms with Gasteiger partial charge in [-0.2, -0.15) is 4.98 Å². The molecule has 0 radical (unpaired) electrons. The highest BCUT2D eigenvalue weighted by atomic mass is 79.9. The van der Waals surface area contributed by atoms with Crippen molar-refractivity contribution >= 4 is 21.6 Å². The Morgan fingerprint density at radius 3 is 2.83 bits per heavy atom. The monoisotopic (exact) mass is 305 g/mol. The summed E-state index contributed by atoms with van der Waals surface area (Å²) >= 11 is 3.34. The van der Waals surface area contributed by atoms with Gasteiger partial charge >= 0.3 is 0 Å². The van der Waals surface area contributed by atoms with Gasteiger partial charge in [0.2, 0.25) is 5.82 Å². The SMILES string of the molecule is Nc1cc(Br)ccc1-c1nc(-c2ccco2)no1. The second-order valence-electron chi connectivity index (χ2n) is 3.63. The van der Waals surface area contributed by atoms with Crippen LogP contribution in [0.3, 0.4) is 0 Å². The Labute approximate surface area is 111 Å². The molecule has 6 heteroatoms. The summed E-state index contributed by atoms with van der Waals surface area (Å²) < 4.78 is 11.3. The lowest BCUT2D eigenvalue weighted by Crippen LogP contribution is -1.90. The lowest BCUT2D eigenvalue weighted by Gasteiger charge is -2.00. The van der Waals surface area contributed by atoms with Gasteiger partial charge in [-0.05, 0) is 30.3 Å². The second kappa shape index (κ2) is 4.30. The molecule has 0 amide bonds. The average Bonchev–Trinajstić information content (AvgIpc) is 2.99. The molecule has 90 valence electrons. The van der Waals surface area contributed by atoms with Crippen molar-refractivity contribution in [2.75, 3.05) is 5.73 Å². The molecule has 0 saturated heterocycles. The predicted octanol–water partition coefficient (Wildman–Crippen LogP) is 3.34.